The quantitative estimate of drug-likeness (QED) is 0.662. The molecule has 0 aromatic rings. The highest BCUT2D eigenvalue weighted by Crippen LogP contribution is 2.22. The van der Waals surface area contributed by atoms with E-state index in [0.717, 1.165) is 19.7 Å². The van der Waals surface area contributed by atoms with Crippen LogP contribution in [0.1, 0.15) is 26.2 Å². The van der Waals surface area contributed by atoms with Crippen LogP contribution in [0.15, 0.2) is 0 Å². The number of rotatable bonds is 5. The minimum atomic E-state index is -1.02. The van der Waals surface area contributed by atoms with Gasteiger partial charge in [0.25, 0.3) is 0 Å². The summed E-state index contributed by atoms with van der Waals surface area (Å²) in [5, 5.41) is 14.0. The van der Waals surface area contributed by atoms with E-state index in [1.165, 1.54) is 12.8 Å². The molecule has 3 atom stereocenters. The second-order valence-electron chi connectivity index (χ2n) is 5.40. The Morgan fingerprint density at radius 1 is 1.50 bits per heavy atom. The zero-order valence-corrected chi connectivity index (χ0v) is 11.8. The Labute approximate surface area is 118 Å². The molecule has 2 saturated heterocycles. The molecule has 2 aliphatic heterocycles. The second-order valence-corrected chi connectivity index (χ2v) is 5.40. The van der Waals surface area contributed by atoms with Gasteiger partial charge in [0.15, 0.2) is 0 Å². The number of nitrogens with zero attached hydrogens (tertiary/aromatic N) is 1. The highest BCUT2D eigenvalue weighted by molar-refractivity contribution is 5.82. The molecule has 0 bridgehead atoms. The average molecular weight is 285 g/mol. The number of nitrogens with one attached hydrogen (secondary N) is 2. The number of fused-ring (bicyclic) bond motifs is 1. The van der Waals surface area contributed by atoms with Gasteiger partial charge in [0.05, 0.1) is 12.7 Å². The van der Waals surface area contributed by atoms with Gasteiger partial charge in [-0.1, -0.05) is 6.92 Å². The molecule has 3 N–H and O–H groups in total. The fraction of sp³-hybridized carbons (Fsp3) is 0.846. The van der Waals surface area contributed by atoms with Crippen LogP contribution in [-0.4, -0.2) is 66.4 Å². The van der Waals surface area contributed by atoms with Crippen molar-refractivity contribution in [3.05, 3.63) is 0 Å². The summed E-state index contributed by atoms with van der Waals surface area (Å²) in [5.41, 5.74) is 0. The maximum absolute atomic E-state index is 11.6. The van der Waals surface area contributed by atoms with Crippen molar-refractivity contribution in [2.24, 2.45) is 0 Å². The second kappa shape index (κ2) is 6.90. The van der Waals surface area contributed by atoms with Crippen LogP contribution >= 0.6 is 0 Å². The van der Waals surface area contributed by atoms with Gasteiger partial charge in [0, 0.05) is 19.1 Å². The Morgan fingerprint density at radius 3 is 3.00 bits per heavy atom. The number of hydrogen-bond acceptors (Lipinski definition) is 4. The highest BCUT2D eigenvalue weighted by atomic mass is 16.5. The van der Waals surface area contributed by atoms with E-state index in [9.17, 15) is 9.59 Å². The van der Waals surface area contributed by atoms with E-state index in [0.29, 0.717) is 19.0 Å². The van der Waals surface area contributed by atoms with Crippen LogP contribution in [0.25, 0.3) is 0 Å². The Hall–Kier alpha value is -1.34. The average Bonchev–Trinajstić information content (AvgIpc) is 2.89. The molecule has 0 radical (unpaired) electrons. The van der Waals surface area contributed by atoms with E-state index in [-0.39, 0.29) is 6.10 Å². The number of carbonyl (C=O) groups excluding carboxylic acids is 1. The van der Waals surface area contributed by atoms with Gasteiger partial charge >= 0.3 is 12.0 Å². The van der Waals surface area contributed by atoms with Crippen molar-refractivity contribution in [2.45, 2.75) is 44.4 Å². The lowest BCUT2D eigenvalue weighted by atomic mass is 10.2. The predicted molar refractivity (Wildman–Crippen MR) is 72.6 cm³/mol. The van der Waals surface area contributed by atoms with E-state index in [2.05, 4.69) is 15.5 Å². The fourth-order valence-electron chi connectivity index (χ4n) is 2.76. The van der Waals surface area contributed by atoms with Crippen LogP contribution in [0.4, 0.5) is 4.79 Å². The molecule has 0 aromatic carbocycles. The van der Waals surface area contributed by atoms with Gasteiger partial charge < -0.3 is 20.5 Å². The molecule has 7 heteroatoms. The Balaban J connectivity index is 1.69. The van der Waals surface area contributed by atoms with Crippen LogP contribution in [-0.2, 0) is 9.53 Å². The molecule has 0 saturated carbocycles. The molecule has 114 valence electrons. The maximum Gasteiger partial charge on any atom is 0.326 e. The van der Waals surface area contributed by atoms with Crippen LogP contribution in [0.3, 0.4) is 0 Å². The lowest BCUT2D eigenvalue weighted by Gasteiger charge is -2.35. The molecular weight excluding hydrogens is 262 g/mol. The minimum absolute atomic E-state index is 0.0139. The molecule has 2 unspecified atom stereocenters. The van der Waals surface area contributed by atoms with Gasteiger partial charge in [0.2, 0.25) is 0 Å². The monoisotopic (exact) mass is 285 g/mol. The third-order valence-corrected chi connectivity index (χ3v) is 3.96. The largest absolute Gasteiger partial charge is 0.480 e. The predicted octanol–water partition coefficient (Wildman–Crippen LogP) is 0.0120. The van der Waals surface area contributed by atoms with Crippen molar-refractivity contribution >= 4 is 12.0 Å². The lowest BCUT2D eigenvalue weighted by Crippen LogP contribution is -2.52. The summed E-state index contributed by atoms with van der Waals surface area (Å²) in [7, 11) is 0. The van der Waals surface area contributed by atoms with E-state index in [4.69, 9.17) is 9.84 Å². The van der Waals surface area contributed by atoms with Gasteiger partial charge in [-0.25, -0.2) is 9.59 Å². The molecule has 2 heterocycles. The van der Waals surface area contributed by atoms with Crippen LogP contribution in [0.2, 0.25) is 0 Å². The molecule has 7 nitrogen and oxygen atoms in total. The summed E-state index contributed by atoms with van der Waals surface area (Å²) in [5.74, 6) is -1.02. The molecule has 0 aliphatic carbocycles. The smallest absolute Gasteiger partial charge is 0.326 e. The first-order chi connectivity index (χ1) is 9.60. The number of carboxylic acids is 1. The van der Waals surface area contributed by atoms with Gasteiger partial charge in [-0.15, -0.1) is 0 Å². The summed E-state index contributed by atoms with van der Waals surface area (Å²) in [6, 6.07) is -0.756. The highest BCUT2D eigenvalue weighted by Gasteiger charge is 2.32. The van der Waals surface area contributed by atoms with Gasteiger partial charge in [0.1, 0.15) is 6.04 Å². The fourth-order valence-corrected chi connectivity index (χ4v) is 2.76. The zero-order chi connectivity index (χ0) is 14.5. The Bertz CT molecular complexity index is 364. The first-order valence-corrected chi connectivity index (χ1v) is 7.23. The van der Waals surface area contributed by atoms with Crippen LogP contribution < -0.4 is 10.6 Å². The number of morpholine rings is 1. The van der Waals surface area contributed by atoms with Crippen molar-refractivity contribution in [1.82, 2.24) is 15.5 Å². The van der Waals surface area contributed by atoms with E-state index >= 15 is 0 Å². The normalized spacial score (nSPS) is 27.6. The lowest BCUT2D eigenvalue weighted by molar-refractivity contribution is -0.139. The summed E-state index contributed by atoms with van der Waals surface area (Å²) in [6.45, 7) is 4.79. The van der Waals surface area contributed by atoms with Gasteiger partial charge in [-0.3, -0.25) is 4.90 Å². The van der Waals surface area contributed by atoms with Crippen LogP contribution in [0, 0.1) is 0 Å². The summed E-state index contributed by atoms with van der Waals surface area (Å²) >= 11 is 0. The van der Waals surface area contributed by atoms with Crippen molar-refractivity contribution < 1.29 is 19.4 Å². The molecular formula is C13H23N3O4. The number of urea groups is 1. The minimum Gasteiger partial charge on any atom is -0.480 e. The third-order valence-electron chi connectivity index (χ3n) is 3.96. The molecule has 2 rings (SSSR count). The van der Waals surface area contributed by atoms with Crippen molar-refractivity contribution in [3.8, 4) is 0 Å². The molecule has 0 spiro atoms. The van der Waals surface area contributed by atoms with Gasteiger partial charge in [-0.05, 0) is 25.8 Å². The Kier molecular flexibility index (Phi) is 5.19. The van der Waals surface area contributed by atoms with Crippen molar-refractivity contribution in [3.63, 3.8) is 0 Å². The third kappa shape index (κ3) is 3.83. The maximum atomic E-state index is 11.6. The molecule has 2 aliphatic rings. The topological polar surface area (TPSA) is 90.9 Å². The molecule has 0 aromatic heterocycles. The zero-order valence-electron chi connectivity index (χ0n) is 11.8. The summed E-state index contributed by atoms with van der Waals surface area (Å²) in [4.78, 5) is 24.9. The number of ether oxygens (including phenoxy) is 1. The molecule has 2 amide bonds. The summed E-state index contributed by atoms with van der Waals surface area (Å²) < 4.78 is 5.72. The number of aliphatic carboxylic acids is 1. The number of amides is 2. The first-order valence-electron chi connectivity index (χ1n) is 7.23. The van der Waals surface area contributed by atoms with E-state index in [1.54, 1.807) is 6.92 Å². The summed E-state index contributed by atoms with van der Waals surface area (Å²) in [6.07, 6.45) is 2.75. The van der Waals surface area contributed by atoms with Gasteiger partial charge in [-0.2, -0.15) is 0 Å². The Morgan fingerprint density at radius 2 is 2.30 bits per heavy atom. The molecule has 20 heavy (non-hydrogen) atoms. The number of hydrogen-bond donors (Lipinski definition) is 3. The number of carboxylic acid groups (broad SMARTS) is 1. The van der Waals surface area contributed by atoms with Crippen molar-refractivity contribution in [2.75, 3.05) is 26.2 Å². The SMILES string of the molecule is CC[C@@H](NC(=O)NCC1CN2CCCC2CO1)C(=O)O. The van der Waals surface area contributed by atoms with Crippen LogP contribution in [0.5, 0.6) is 0 Å². The van der Waals surface area contributed by atoms with E-state index in [1.807, 2.05) is 0 Å². The van der Waals surface area contributed by atoms with Crippen molar-refractivity contribution in [1.29, 1.82) is 0 Å². The van der Waals surface area contributed by atoms with E-state index < -0.39 is 18.0 Å². The number of carbonyl (C=O) groups is 2. The molecule has 2 fully saturated rings. The standard InChI is InChI=1S/C13H23N3O4/c1-2-11(12(17)18)15-13(19)14-6-10-7-16-5-3-4-9(16)8-20-10/h9-11H,2-8H2,1H3,(H,17,18)(H2,14,15,19)/t9?,10?,11-/m1/s1. The first kappa shape index (κ1) is 15.1.